The van der Waals surface area contributed by atoms with Crippen molar-refractivity contribution in [2.75, 3.05) is 13.4 Å². The maximum Gasteiger partial charge on any atom is 0.348 e. The number of carbonyl (C=O) groups excluding carboxylic acids is 1. The summed E-state index contributed by atoms with van der Waals surface area (Å²) in [5.74, 6) is 1.28. The van der Waals surface area contributed by atoms with E-state index in [0.717, 1.165) is 21.4 Å². The molecule has 28 heavy (non-hydrogen) atoms. The third-order valence-corrected chi connectivity index (χ3v) is 6.04. The van der Waals surface area contributed by atoms with Gasteiger partial charge < -0.3 is 19.2 Å². The Morgan fingerprint density at radius 3 is 2.86 bits per heavy atom. The summed E-state index contributed by atoms with van der Waals surface area (Å²) in [6.07, 6.45) is 3.51. The quantitative estimate of drug-likeness (QED) is 0.586. The van der Waals surface area contributed by atoms with Gasteiger partial charge in [-0.3, -0.25) is 4.79 Å². The molecule has 7 nitrogen and oxygen atoms in total. The number of hydrogen-bond donors (Lipinski definition) is 1. The second-order valence-electron chi connectivity index (χ2n) is 5.97. The Bertz CT molecular complexity index is 1180. The minimum atomic E-state index is -0.441. The van der Waals surface area contributed by atoms with Gasteiger partial charge >= 0.3 is 5.97 Å². The van der Waals surface area contributed by atoms with E-state index in [1.165, 1.54) is 0 Å². The van der Waals surface area contributed by atoms with Crippen LogP contribution in [-0.4, -0.2) is 29.3 Å². The van der Waals surface area contributed by atoms with E-state index in [-0.39, 0.29) is 19.0 Å². The number of aryl methyl sites for hydroxylation is 1. The summed E-state index contributed by atoms with van der Waals surface area (Å²) in [5, 5.41) is 0.412. The maximum atomic E-state index is 12.5. The van der Waals surface area contributed by atoms with Crippen LogP contribution in [0.2, 0.25) is 0 Å². The zero-order chi connectivity index (χ0) is 19.8. The van der Waals surface area contributed by atoms with Crippen molar-refractivity contribution in [2.45, 2.75) is 13.8 Å². The number of esters is 1. The molecule has 0 aliphatic carbocycles. The van der Waals surface area contributed by atoms with Gasteiger partial charge in [0.15, 0.2) is 11.5 Å². The van der Waals surface area contributed by atoms with E-state index in [1.54, 1.807) is 19.9 Å². The molecule has 0 radical (unpaired) electrons. The lowest BCUT2D eigenvalue weighted by molar-refractivity contribution is 0.0531. The molecule has 1 N–H and O–H groups in total. The van der Waals surface area contributed by atoms with Gasteiger partial charge in [0.2, 0.25) is 6.79 Å². The molecule has 4 rings (SSSR count). The summed E-state index contributed by atoms with van der Waals surface area (Å²) in [7, 11) is 0. The highest BCUT2D eigenvalue weighted by Gasteiger charge is 2.20. The summed E-state index contributed by atoms with van der Waals surface area (Å²) in [6.45, 7) is 3.93. The van der Waals surface area contributed by atoms with E-state index in [4.69, 9.17) is 14.2 Å². The fourth-order valence-corrected chi connectivity index (χ4v) is 4.40. The topological polar surface area (TPSA) is 90.5 Å². The molecule has 0 unspecified atom stereocenters. The zero-order valence-corrected chi connectivity index (χ0v) is 17.4. The fourth-order valence-electron chi connectivity index (χ4n) is 2.86. The van der Waals surface area contributed by atoms with Crippen LogP contribution in [-0.2, 0) is 4.74 Å². The number of thiophene rings is 1. The Morgan fingerprint density at radius 1 is 1.36 bits per heavy atom. The number of nitrogens with one attached hydrogen (secondary N) is 1. The molecule has 2 aromatic heterocycles. The number of aromatic nitrogens is 2. The number of aromatic amines is 1. The molecule has 0 amide bonds. The Morgan fingerprint density at radius 2 is 2.11 bits per heavy atom. The van der Waals surface area contributed by atoms with Crippen molar-refractivity contribution in [2.24, 2.45) is 0 Å². The van der Waals surface area contributed by atoms with Crippen molar-refractivity contribution < 1.29 is 19.0 Å². The number of H-pyrrole nitrogens is 1. The number of benzene rings is 1. The second-order valence-corrected chi connectivity index (χ2v) is 7.82. The minimum Gasteiger partial charge on any atom is -0.462 e. The normalized spacial score (nSPS) is 12.8. The van der Waals surface area contributed by atoms with Gasteiger partial charge in [-0.25, -0.2) is 9.78 Å². The third-order valence-electron chi connectivity index (χ3n) is 4.19. The first-order valence-electron chi connectivity index (χ1n) is 8.45. The molecule has 0 saturated heterocycles. The smallest absolute Gasteiger partial charge is 0.348 e. The fraction of sp³-hybridized carbons (Fsp3) is 0.211. The zero-order valence-electron chi connectivity index (χ0n) is 15.0. The van der Waals surface area contributed by atoms with Gasteiger partial charge in [0, 0.05) is 4.47 Å². The standard InChI is InChI=1S/C19H15BrN2O5S/c1-3-25-19(24)16-9(2)15-17(23)21-14(22-18(15)28-16)5-4-10-6-12-13(7-11(10)20)27-8-26-12/h4-7H,3,8H2,1-2H3,(H,21,22,23)/b5-4+. The molecule has 3 aromatic rings. The van der Waals surface area contributed by atoms with E-state index in [1.807, 2.05) is 18.2 Å². The SMILES string of the molecule is CCOC(=O)c1sc2nc(/C=C/c3cc4c(cc3Br)OCO4)[nH]c(=O)c2c1C. The van der Waals surface area contributed by atoms with Gasteiger partial charge in [0.25, 0.3) is 5.56 Å². The predicted molar refractivity (Wildman–Crippen MR) is 110 cm³/mol. The predicted octanol–water partition coefficient (Wildman–Crippen LogP) is 4.13. The number of fused-ring (bicyclic) bond motifs is 2. The van der Waals surface area contributed by atoms with Crippen LogP contribution in [0.5, 0.6) is 11.5 Å². The summed E-state index contributed by atoms with van der Waals surface area (Å²) in [4.78, 5) is 32.7. The number of carbonyl (C=O) groups is 1. The molecular formula is C19H15BrN2O5S. The summed E-state index contributed by atoms with van der Waals surface area (Å²) >= 11 is 4.65. The highest BCUT2D eigenvalue weighted by atomic mass is 79.9. The van der Waals surface area contributed by atoms with E-state index in [0.29, 0.717) is 38.0 Å². The molecule has 0 spiro atoms. The lowest BCUT2D eigenvalue weighted by Gasteiger charge is -2.02. The lowest BCUT2D eigenvalue weighted by Crippen LogP contribution is -2.10. The number of hydrogen-bond acceptors (Lipinski definition) is 7. The molecule has 1 aliphatic heterocycles. The van der Waals surface area contributed by atoms with Crippen LogP contribution in [0, 0.1) is 6.92 Å². The largest absolute Gasteiger partial charge is 0.462 e. The molecule has 1 aromatic carbocycles. The van der Waals surface area contributed by atoms with Crippen molar-refractivity contribution in [3.05, 3.63) is 48.8 Å². The van der Waals surface area contributed by atoms with Crippen molar-refractivity contribution in [3.8, 4) is 11.5 Å². The van der Waals surface area contributed by atoms with Gasteiger partial charge in [0.1, 0.15) is 15.5 Å². The number of rotatable bonds is 4. The lowest BCUT2D eigenvalue weighted by atomic mass is 10.2. The van der Waals surface area contributed by atoms with Gasteiger partial charge in [-0.15, -0.1) is 11.3 Å². The highest BCUT2D eigenvalue weighted by molar-refractivity contribution is 9.10. The van der Waals surface area contributed by atoms with Crippen LogP contribution in [0.25, 0.3) is 22.4 Å². The van der Waals surface area contributed by atoms with Crippen molar-refractivity contribution in [1.29, 1.82) is 0 Å². The Kier molecular flexibility index (Phi) is 4.94. The van der Waals surface area contributed by atoms with Gasteiger partial charge in [0.05, 0.1) is 12.0 Å². The molecule has 0 bridgehead atoms. The Labute approximate surface area is 172 Å². The maximum absolute atomic E-state index is 12.5. The average molecular weight is 463 g/mol. The van der Waals surface area contributed by atoms with Crippen LogP contribution in [0.4, 0.5) is 0 Å². The van der Waals surface area contributed by atoms with Crippen molar-refractivity contribution in [3.63, 3.8) is 0 Å². The van der Waals surface area contributed by atoms with E-state index in [9.17, 15) is 9.59 Å². The van der Waals surface area contributed by atoms with Crippen LogP contribution < -0.4 is 15.0 Å². The summed E-state index contributed by atoms with van der Waals surface area (Å²) < 4.78 is 16.6. The van der Waals surface area contributed by atoms with Crippen LogP contribution >= 0.6 is 27.3 Å². The van der Waals surface area contributed by atoms with Gasteiger partial charge in [-0.2, -0.15) is 0 Å². The number of halogens is 1. The first-order chi connectivity index (χ1) is 13.5. The van der Waals surface area contributed by atoms with Gasteiger partial charge in [-0.05, 0) is 43.2 Å². The average Bonchev–Trinajstić information content (AvgIpc) is 3.24. The van der Waals surface area contributed by atoms with Crippen LogP contribution in [0.1, 0.15) is 33.5 Å². The second kappa shape index (κ2) is 7.40. The molecule has 1 aliphatic rings. The highest BCUT2D eigenvalue weighted by Crippen LogP contribution is 2.37. The Hall–Kier alpha value is -2.65. The molecule has 0 fully saturated rings. The molecular weight excluding hydrogens is 448 g/mol. The monoisotopic (exact) mass is 462 g/mol. The van der Waals surface area contributed by atoms with E-state index < -0.39 is 5.97 Å². The molecule has 9 heteroatoms. The summed E-state index contributed by atoms with van der Waals surface area (Å²) in [6, 6.07) is 3.67. The summed E-state index contributed by atoms with van der Waals surface area (Å²) in [5.41, 5.74) is 1.14. The van der Waals surface area contributed by atoms with E-state index in [2.05, 4.69) is 25.9 Å². The first-order valence-corrected chi connectivity index (χ1v) is 10.1. The first kappa shape index (κ1) is 18.7. The van der Waals surface area contributed by atoms with Crippen LogP contribution in [0.3, 0.4) is 0 Å². The minimum absolute atomic E-state index is 0.195. The third kappa shape index (κ3) is 3.31. The molecule has 3 heterocycles. The molecule has 144 valence electrons. The van der Waals surface area contributed by atoms with Crippen molar-refractivity contribution >= 4 is 55.6 Å². The number of ether oxygens (including phenoxy) is 3. The molecule has 0 atom stereocenters. The van der Waals surface area contributed by atoms with Crippen molar-refractivity contribution in [1.82, 2.24) is 9.97 Å². The Balaban J connectivity index is 1.71. The molecule has 0 saturated carbocycles. The number of nitrogens with zero attached hydrogens (tertiary/aromatic N) is 1. The van der Waals surface area contributed by atoms with Gasteiger partial charge in [-0.1, -0.05) is 22.0 Å². The van der Waals surface area contributed by atoms with E-state index >= 15 is 0 Å². The van der Waals surface area contributed by atoms with Crippen LogP contribution in [0.15, 0.2) is 21.4 Å².